The van der Waals surface area contributed by atoms with Gasteiger partial charge in [0.25, 0.3) is 0 Å². The highest BCUT2D eigenvalue weighted by Crippen LogP contribution is 2.30. The first kappa shape index (κ1) is 11.5. The number of alkyl halides is 4. The van der Waals surface area contributed by atoms with E-state index in [1.807, 2.05) is 0 Å². The molecule has 1 saturated carbocycles. The number of pyridine rings is 1. The van der Waals surface area contributed by atoms with E-state index in [0.717, 1.165) is 18.9 Å². The highest BCUT2D eigenvalue weighted by molar-refractivity contribution is 6.21. The van der Waals surface area contributed by atoms with Gasteiger partial charge in [-0.3, -0.25) is 0 Å². The fourth-order valence-corrected chi connectivity index (χ4v) is 1.98. The van der Waals surface area contributed by atoms with E-state index >= 15 is 0 Å². The molecule has 0 atom stereocenters. The summed E-state index contributed by atoms with van der Waals surface area (Å²) in [6.07, 6.45) is -2.87. The minimum atomic E-state index is -4.40. The molecule has 1 aliphatic carbocycles. The number of nitrogens with zero attached hydrogens (tertiary/aromatic N) is 1. The van der Waals surface area contributed by atoms with E-state index in [1.54, 1.807) is 0 Å². The lowest BCUT2D eigenvalue weighted by molar-refractivity contribution is -0.141. The van der Waals surface area contributed by atoms with Crippen molar-refractivity contribution in [1.82, 2.24) is 4.98 Å². The molecule has 0 spiro atoms. The first-order chi connectivity index (χ1) is 7.45. The molecule has 1 aromatic rings. The zero-order chi connectivity index (χ0) is 11.8. The lowest BCUT2D eigenvalue weighted by Gasteiger charge is -2.32. The topological polar surface area (TPSA) is 24.9 Å². The number of halogens is 4. The molecule has 0 unspecified atom stereocenters. The summed E-state index contributed by atoms with van der Waals surface area (Å²) in [5.74, 6) is 0.253. The maximum absolute atomic E-state index is 12.4. The lowest BCUT2D eigenvalue weighted by Crippen LogP contribution is -2.36. The second-order valence-electron chi connectivity index (χ2n) is 3.82. The van der Waals surface area contributed by atoms with Gasteiger partial charge in [0, 0.05) is 11.4 Å². The number of hydrogen-bond acceptors (Lipinski definition) is 2. The van der Waals surface area contributed by atoms with Crippen LogP contribution >= 0.6 is 11.6 Å². The Kier molecular flexibility index (Phi) is 2.97. The number of nitrogens with one attached hydrogen (secondary N) is 1. The van der Waals surface area contributed by atoms with Gasteiger partial charge >= 0.3 is 6.18 Å². The van der Waals surface area contributed by atoms with Gasteiger partial charge < -0.3 is 5.32 Å². The summed E-state index contributed by atoms with van der Waals surface area (Å²) in [6, 6.07) is 3.96. The highest BCUT2D eigenvalue weighted by atomic mass is 35.5. The monoisotopic (exact) mass is 250 g/mol. The van der Waals surface area contributed by atoms with Crippen LogP contribution in [0.1, 0.15) is 18.5 Å². The SMILES string of the molecule is FC(F)(F)c1cccc(NC2CC(Cl)C2)n1. The number of rotatable bonds is 2. The minimum Gasteiger partial charge on any atom is -0.367 e. The Hall–Kier alpha value is -0.970. The van der Waals surface area contributed by atoms with Gasteiger partial charge in [0.05, 0.1) is 0 Å². The third-order valence-corrected chi connectivity index (χ3v) is 2.83. The molecule has 2 nitrogen and oxygen atoms in total. The predicted octanol–water partition coefficient (Wildman–Crippen LogP) is 3.28. The quantitative estimate of drug-likeness (QED) is 0.815. The fourth-order valence-electron chi connectivity index (χ4n) is 1.55. The van der Waals surface area contributed by atoms with Crippen LogP contribution in [0.15, 0.2) is 18.2 Å². The first-order valence-corrected chi connectivity index (χ1v) is 5.33. The molecule has 1 aliphatic rings. The zero-order valence-electron chi connectivity index (χ0n) is 8.26. The molecule has 0 aromatic carbocycles. The van der Waals surface area contributed by atoms with Gasteiger partial charge in [0.2, 0.25) is 0 Å². The first-order valence-electron chi connectivity index (χ1n) is 4.90. The van der Waals surface area contributed by atoms with Crippen LogP contribution in [0.2, 0.25) is 0 Å². The van der Waals surface area contributed by atoms with E-state index in [9.17, 15) is 13.2 Å². The average molecular weight is 251 g/mol. The molecule has 0 amide bonds. The van der Waals surface area contributed by atoms with E-state index in [2.05, 4.69) is 10.3 Å². The van der Waals surface area contributed by atoms with Crippen molar-refractivity contribution in [1.29, 1.82) is 0 Å². The predicted molar refractivity (Wildman–Crippen MR) is 55.5 cm³/mol. The van der Waals surface area contributed by atoms with Crippen LogP contribution in [0.25, 0.3) is 0 Å². The van der Waals surface area contributed by atoms with Crippen LogP contribution in [0, 0.1) is 0 Å². The summed E-state index contributed by atoms with van der Waals surface area (Å²) in [6.45, 7) is 0. The molecule has 0 saturated heterocycles. The third-order valence-electron chi connectivity index (χ3n) is 2.47. The summed E-state index contributed by atoms with van der Waals surface area (Å²) in [5.41, 5.74) is -0.876. The summed E-state index contributed by atoms with van der Waals surface area (Å²) >= 11 is 5.77. The maximum Gasteiger partial charge on any atom is 0.433 e. The Labute approximate surface area is 95.8 Å². The van der Waals surface area contributed by atoms with Crippen molar-refractivity contribution in [3.05, 3.63) is 23.9 Å². The van der Waals surface area contributed by atoms with Crippen LogP contribution in [-0.2, 0) is 6.18 Å². The smallest absolute Gasteiger partial charge is 0.367 e. The van der Waals surface area contributed by atoms with Gasteiger partial charge in [0.15, 0.2) is 0 Å². The van der Waals surface area contributed by atoms with E-state index in [-0.39, 0.29) is 17.2 Å². The molecule has 6 heteroatoms. The molecule has 1 N–H and O–H groups in total. The Morgan fingerprint density at radius 1 is 1.31 bits per heavy atom. The lowest BCUT2D eigenvalue weighted by atomic mass is 9.92. The van der Waals surface area contributed by atoms with Crippen LogP contribution in [0.3, 0.4) is 0 Å². The van der Waals surface area contributed by atoms with E-state index in [1.165, 1.54) is 12.1 Å². The Morgan fingerprint density at radius 2 is 2.00 bits per heavy atom. The summed E-state index contributed by atoms with van der Waals surface area (Å²) in [4.78, 5) is 3.51. The maximum atomic E-state index is 12.4. The molecule has 0 bridgehead atoms. The van der Waals surface area contributed by atoms with E-state index in [4.69, 9.17) is 11.6 Å². The van der Waals surface area contributed by atoms with Gasteiger partial charge in [-0.25, -0.2) is 4.98 Å². The van der Waals surface area contributed by atoms with Gasteiger partial charge in [-0.1, -0.05) is 6.07 Å². The van der Waals surface area contributed by atoms with Crippen molar-refractivity contribution in [3.8, 4) is 0 Å². The Balaban J connectivity index is 2.05. The van der Waals surface area contributed by atoms with Gasteiger partial charge in [-0.2, -0.15) is 13.2 Å². The van der Waals surface area contributed by atoms with Crippen molar-refractivity contribution in [3.63, 3.8) is 0 Å². The summed E-state index contributed by atoms with van der Waals surface area (Å²) in [5, 5.41) is 3.05. The molecule has 1 fully saturated rings. The molecule has 1 aromatic heterocycles. The average Bonchev–Trinajstić information content (AvgIpc) is 2.14. The van der Waals surface area contributed by atoms with Crippen LogP contribution in [0.5, 0.6) is 0 Å². The molecular weight excluding hydrogens is 241 g/mol. The van der Waals surface area contributed by atoms with E-state index < -0.39 is 11.9 Å². The number of hydrogen-bond donors (Lipinski definition) is 1. The van der Waals surface area contributed by atoms with Crippen molar-refractivity contribution >= 4 is 17.4 Å². The molecule has 2 rings (SSSR count). The summed E-state index contributed by atoms with van der Waals surface area (Å²) < 4.78 is 37.1. The van der Waals surface area contributed by atoms with Gasteiger partial charge in [0.1, 0.15) is 11.5 Å². The molecular formula is C10H10ClF3N2. The van der Waals surface area contributed by atoms with E-state index in [0.29, 0.717) is 0 Å². The van der Waals surface area contributed by atoms with Gasteiger partial charge in [-0.15, -0.1) is 11.6 Å². The van der Waals surface area contributed by atoms with Crippen molar-refractivity contribution in [2.45, 2.75) is 30.4 Å². The van der Waals surface area contributed by atoms with Crippen molar-refractivity contribution < 1.29 is 13.2 Å². The molecule has 88 valence electrons. The normalized spacial score (nSPS) is 25.0. The standard InChI is InChI=1S/C10H10ClF3N2/c11-6-4-7(5-6)15-9-3-1-2-8(16-9)10(12,13)14/h1-3,6-7H,4-5H2,(H,15,16). The van der Waals surface area contributed by atoms with Crippen LogP contribution < -0.4 is 5.32 Å². The molecule has 1 heterocycles. The Bertz CT molecular complexity index is 375. The second-order valence-corrected chi connectivity index (χ2v) is 4.43. The minimum absolute atomic E-state index is 0.128. The zero-order valence-corrected chi connectivity index (χ0v) is 9.02. The second kappa shape index (κ2) is 4.13. The number of anilines is 1. The summed E-state index contributed by atoms with van der Waals surface area (Å²) in [7, 11) is 0. The molecule has 16 heavy (non-hydrogen) atoms. The molecule has 0 aliphatic heterocycles. The van der Waals surface area contributed by atoms with Crippen molar-refractivity contribution in [2.24, 2.45) is 0 Å². The Morgan fingerprint density at radius 3 is 2.56 bits per heavy atom. The van der Waals surface area contributed by atoms with Crippen molar-refractivity contribution in [2.75, 3.05) is 5.32 Å². The van der Waals surface area contributed by atoms with Crippen LogP contribution in [0.4, 0.5) is 19.0 Å². The van der Waals surface area contributed by atoms with Gasteiger partial charge in [-0.05, 0) is 25.0 Å². The molecule has 0 radical (unpaired) electrons. The highest BCUT2D eigenvalue weighted by Gasteiger charge is 2.33. The third kappa shape index (κ3) is 2.58. The number of aromatic nitrogens is 1. The van der Waals surface area contributed by atoms with Crippen LogP contribution in [-0.4, -0.2) is 16.4 Å². The fraction of sp³-hybridized carbons (Fsp3) is 0.500. The largest absolute Gasteiger partial charge is 0.433 e.